The summed E-state index contributed by atoms with van der Waals surface area (Å²) in [4.78, 5) is 0. The van der Waals surface area contributed by atoms with Crippen LogP contribution in [-0.4, -0.2) is 18.1 Å². The minimum atomic E-state index is -4.63. The molecule has 0 aliphatic carbocycles. The van der Waals surface area contributed by atoms with Crippen molar-refractivity contribution in [3.05, 3.63) is 93.7 Å². The Hall–Kier alpha value is -2.83. The molecule has 0 bridgehead atoms. The molecule has 1 aromatic rings. The van der Waals surface area contributed by atoms with Crippen molar-refractivity contribution in [2.24, 2.45) is 0 Å². The van der Waals surface area contributed by atoms with Gasteiger partial charge in [-0.25, -0.2) is 0 Å². The number of hydrogen-bond acceptors (Lipinski definition) is 4. The largest absolute Gasteiger partial charge is 0.508 e. The van der Waals surface area contributed by atoms with E-state index < -0.39 is 10.4 Å². The van der Waals surface area contributed by atoms with E-state index in [0.717, 1.165) is 69.8 Å². The molecule has 0 fully saturated rings. The van der Waals surface area contributed by atoms with Crippen LogP contribution in [-0.2, 0) is 16.8 Å². The van der Waals surface area contributed by atoms with E-state index in [4.69, 9.17) is 4.55 Å². The summed E-state index contributed by atoms with van der Waals surface area (Å²) < 4.78 is 35.8. The fraction of sp³-hybridized carbons (Fsp3) is 0.500. The molecule has 0 unspecified atom stereocenters. The Morgan fingerprint density at radius 2 is 1.02 bits per heavy atom. The molecule has 42 heavy (non-hydrogen) atoms. The predicted molar refractivity (Wildman–Crippen MR) is 178 cm³/mol. The normalized spacial score (nSPS) is 13.9. The van der Waals surface area contributed by atoms with Gasteiger partial charge in [0.1, 0.15) is 11.5 Å². The number of aromatic hydroxyl groups is 1. The first kappa shape index (κ1) is 37.2. The van der Waals surface area contributed by atoms with E-state index in [2.05, 4.69) is 76.1 Å². The Bertz CT molecular complexity index is 1270. The highest BCUT2D eigenvalue weighted by molar-refractivity contribution is 7.81. The van der Waals surface area contributed by atoms with Crippen LogP contribution in [0.1, 0.15) is 118 Å². The van der Waals surface area contributed by atoms with Gasteiger partial charge in [0.2, 0.25) is 0 Å². The van der Waals surface area contributed by atoms with Gasteiger partial charge in [0, 0.05) is 5.56 Å². The lowest BCUT2D eigenvalue weighted by Crippen LogP contribution is -2.08. The van der Waals surface area contributed by atoms with Crippen molar-refractivity contribution in [1.82, 2.24) is 0 Å². The Morgan fingerprint density at radius 1 is 0.643 bits per heavy atom. The van der Waals surface area contributed by atoms with Crippen molar-refractivity contribution in [3.63, 3.8) is 0 Å². The first-order valence-electron chi connectivity index (χ1n) is 15.2. The van der Waals surface area contributed by atoms with Gasteiger partial charge >= 0.3 is 10.4 Å². The fourth-order valence-electron chi connectivity index (χ4n) is 4.49. The first-order valence-corrected chi connectivity index (χ1v) is 16.5. The van der Waals surface area contributed by atoms with Crippen LogP contribution in [0.2, 0.25) is 0 Å². The molecular weight excluding hydrogens is 544 g/mol. The highest BCUT2D eigenvalue weighted by Crippen LogP contribution is 2.26. The van der Waals surface area contributed by atoms with Crippen molar-refractivity contribution in [2.45, 2.75) is 119 Å². The standard InChI is InChI=1S/C36H54O5S/c1-28(2)13-8-14-29(3)15-9-16-30(4)17-10-18-31(5)19-11-20-32(6)21-12-22-33(7)23-24-34-27-35(37)25-26-36(34)41-42(38,39)40/h13,15,17,19,21,23,25-27,37H,8-12,14,16,18,20,22,24H2,1-7H3,(H,38,39,40)/b29-15+,30-17+,31-19+,32-21+,33-23+. The smallest absolute Gasteiger partial charge is 0.446 e. The molecule has 0 saturated heterocycles. The monoisotopic (exact) mass is 598 g/mol. The molecule has 0 aliphatic rings. The van der Waals surface area contributed by atoms with E-state index in [-0.39, 0.29) is 11.5 Å². The van der Waals surface area contributed by atoms with Crippen molar-refractivity contribution in [3.8, 4) is 11.5 Å². The van der Waals surface area contributed by atoms with Crippen LogP contribution >= 0.6 is 0 Å². The van der Waals surface area contributed by atoms with Gasteiger partial charge in [-0.3, -0.25) is 4.55 Å². The van der Waals surface area contributed by atoms with Crippen LogP contribution in [0.4, 0.5) is 0 Å². The molecule has 0 spiro atoms. The lowest BCUT2D eigenvalue weighted by Gasteiger charge is -2.08. The zero-order valence-electron chi connectivity index (χ0n) is 27.0. The van der Waals surface area contributed by atoms with Gasteiger partial charge in [-0.15, -0.1) is 0 Å². The second-order valence-corrected chi connectivity index (χ2v) is 12.8. The summed E-state index contributed by atoms with van der Waals surface area (Å²) >= 11 is 0. The molecule has 0 aromatic heterocycles. The van der Waals surface area contributed by atoms with Crippen LogP contribution in [0, 0.1) is 0 Å². The molecule has 5 nitrogen and oxygen atoms in total. The minimum absolute atomic E-state index is 0.00747. The number of phenolic OH excluding ortho intramolecular Hbond substituents is 1. The van der Waals surface area contributed by atoms with Crippen LogP contribution in [0.15, 0.2) is 88.1 Å². The molecule has 0 aliphatic heterocycles. The third-order valence-electron chi connectivity index (χ3n) is 7.13. The second kappa shape index (κ2) is 20.1. The highest BCUT2D eigenvalue weighted by Gasteiger charge is 2.12. The average molecular weight is 599 g/mol. The summed E-state index contributed by atoms with van der Waals surface area (Å²) in [5, 5.41) is 9.74. The molecule has 6 heteroatoms. The molecule has 0 heterocycles. The quantitative estimate of drug-likeness (QED) is 0.122. The molecule has 234 valence electrons. The van der Waals surface area contributed by atoms with E-state index in [1.807, 2.05) is 13.0 Å². The number of benzene rings is 1. The van der Waals surface area contributed by atoms with Crippen molar-refractivity contribution in [1.29, 1.82) is 0 Å². The third-order valence-corrected chi connectivity index (χ3v) is 7.52. The Labute approximate surface area is 256 Å². The lowest BCUT2D eigenvalue weighted by molar-refractivity contribution is 0.384. The van der Waals surface area contributed by atoms with E-state index in [1.165, 1.54) is 46.1 Å². The predicted octanol–water partition coefficient (Wildman–Crippen LogP) is 10.7. The lowest BCUT2D eigenvalue weighted by atomic mass is 10.0. The average Bonchev–Trinajstić information content (AvgIpc) is 2.88. The summed E-state index contributed by atoms with van der Waals surface area (Å²) in [6, 6.07) is 4.09. The van der Waals surface area contributed by atoms with Gasteiger partial charge in [-0.2, -0.15) is 8.42 Å². The Kier molecular flexibility index (Phi) is 17.8. The zero-order chi connectivity index (χ0) is 31.5. The summed E-state index contributed by atoms with van der Waals surface area (Å²) in [5.41, 5.74) is 8.84. The van der Waals surface area contributed by atoms with Crippen molar-refractivity contribution < 1.29 is 22.3 Å². The number of rotatable bonds is 19. The van der Waals surface area contributed by atoms with Crippen LogP contribution in [0.5, 0.6) is 11.5 Å². The van der Waals surface area contributed by atoms with Crippen LogP contribution < -0.4 is 4.18 Å². The van der Waals surface area contributed by atoms with Crippen molar-refractivity contribution in [2.75, 3.05) is 0 Å². The molecular formula is C36H54O5S. The summed E-state index contributed by atoms with van der Waals surface area (Å²) in [7, 11) is -4.63. The van der Waals surface area contributed by atoms with Crippen LogP contribution in [0.25, 0.3) is 0 Å². The molecule has 0 amide bonds. The van der Waals surface area contributed by atoms with Gasteiger partial charge in [-0.1, -0.05) is 69.9 Å². The second-order valence-electron chi connectivity index (χ2n) is 11.7. The molecule has 2 N–H and O–H groups in total. The van der Waals surface area contributed by atoms with Gasteiger partial charge in [-0.05, 0) is 137 Å². The highest BCUT2D eigenvalue weighted by atomic mass is 32.3. The van der Waals surface area contributed by atoms with Gasteiger partial charge < -0.3 is 9.29 Å². The zero-order valence-corrected chi connectivity index (χ0v) is 27.8. The molecule has 0 saturated carbocycles. The number of phenols is 1. The SMILES string of the molecule is CC(C)=CCC/C(C)=C/CC/C(C)=C/CC/C(C)=C/CC/C(C)=C/CC/C(C)=C/Cc1cc(O)ccc1OS(=O)(=O)O. The number of allylic oxidation sites excluding steroid dienone is 12. The molecule has 1 rings (SSSR count). The third kappa shape index (κ3) is 19.3. The maximum atomic E-state index is 11.1. The summed E-state index contributed by atoms with van der Waals surface area (Å²) in [6.45, 7) is 15.2. The topological polar surface area (TPSA) is 83.8 Å². The minimum Gasteiger partial charge on any atom is -0.508 e. The van der Waals surface area contributed by atoms with Gasteiger partial charge in [0.05, 0.1) is 0 Å². The van der Waals surface area contributed by atoms with Gasteiger partial charge in [0.25, 0.3) is 0 Å². The number of hydrogen-bond donors (Lipinski definition) is 2. The van der Waals surface area contributed by atoms with Crippen LogP contribution in [0.3, 0.4) is 0 Å². The van der Waals surface area contributed by atoms with E-state index in [1.54, 1.807) is 0 Å². The molecule has 0 radical (unpaired) electrons. The Balaban J connectivity index is 2.39. The van der Waals surface area contributed by atoms with E-state index >= 15 is 0 Å². The Morgan fingerprint density at radius 3 is 1.40 bits per heavy atom. The maximum absolute atomic E-state index is 11.1. The maximum Gasteiger partial charge on any atom is 0.446 e. The van der Waals surface area contributed by atoms with E-state index in [9.17, 15) is 13.5 Å². The van der Waals surface area contributed by atoms with Gasteiger partial charge in [0.15, 0.2) is 0 Å². The summed E-state index contributed by atoms with van der Waals surface area (Å²) in [5.74, 6) is 0.0156. The molecule has 0 atom stereocenters. The first-order chi connectivity index (χ1) is 19.7. The van der Waals surface area contributed by atoms with Crippen molar-refractivity contribution >= 4 is 10.4 Å². The fourth-order valence-corrected chi connectivity index (χ4v) is 4.88. The molecule has 1 aromatic carbocycles. The summed E-state index contributed by atoms with van der Waals surface area (Å²) in [6.07, 6.45) is 24.8. The van der Waals surface area contributed by atoms with E-state index in [0.29, 0.717) is 12.0 Å².